The molecule has 8 N–H and O–H groups in total. The standard InChI is InChI=1S/C8H15N4P/c1-3(9)4-2-5(10)6(11)7(12)8(4)13/h2,9-13H2,1H3/b4-3-. The highest BCUT2D eigenvalue weighted by molar-refractivity contribution is 7.23. The van der Waals surface area contributed by atoms with Crippen LogP contribution in [0.4, 0.5) is 0 Å². The van der Waals surface area contributed by atoms with Crippen LogP contribution in [0.2, 0.25) is 0 Å². The molecule has 0 fully saturated rings. The fraction of sp³-hybridized carbons (Fsp3) is 0.250. The Balaban J connectivity index is 3.28. The molecule has 4 nitrogen and oxygen atoms in total. The lowest BCUT2D eigenvalue weighted by molar-refractivity contribution is 0.977. The summed E-state index contributed by atoms with van der Waals surface area (Å²) in [6.45, 7) is 1.82. The lowest BCUT2D eigenvalue weighted by Crippen LogP contribution is -2.23. The molecule has 72 valence electrons. The average molecular weight is 198 g/mol. The third-order valence-electron chi connectivity index (χ3n) is 2.09. The highest BCUT2D eigenvalue weighted by atomic mass is 31.0. The van der Waals surface area contributed by atoms with Crippen LogP contribution in [0, 0.1) is 0 Å². The van der Waals surface area contributed by atoms with Crippen LogP contribution in [0.5, 0.6) is 0 Å². The summed E-state index contributed by atoms with van der Waals surface area (Å²) in [5, 5.41) is 0.853. The SMILES string of the molecule is C/C(N)=C1\CC(N)=C(N)C(N)=C1P. The molecule has 0 aromatic carbocycles. The van der Waals surface area contributed by atoms with Crippen LogP contribution in [0.25, 0.3) is 0 Å². The van der Waals surface area contributed by atoms with Gasteiger partial charge in [0, 0.05) is 23.1 Å². The first kappa shape index (κ1) is 9.93. The van der Waals surface area contributed by atoms with E-state index < -0.39 is 0 Å². The quantitative estimate of drug-likeness (QED) is 0.404. The number of hydrogen-bond acceptors (Lipinski definition) is 4. The van der Waals surface area contributed by atoms with E-state index in [0.717, 1.165) is 16.6 Å². The largest absolute Gasteiger partial charge is 0.402 e. The number of hydrogen-bond donors (Lipinski definition) is 4. The van der Waals surface area contributed by atoms with E-state index in [0.29, 0.717) is 23.5 Å². The van der Waals surface area contributed by atoms with Gasteiger partial charge in [0.15, 0.2) is 0 Å². The molecular weight excluding hydrogens is 183 g/mol. The molecule has 0 saturated carbocycles. The molecule has 0 radical (unpaired) electrons. The lowest BCUT2D eigenvalue weighted by Gasteiger charge is -2.21. The third-order valence-corrected chi connectivity index (χ3v) is 2.75. The van der Waals surface area contributed by atoms with Crippen molar-refractivity contribution in [2.75, 3.05) is 0 Å². The summed E-state index contributed by atoms with van der Waals surface area (Å²) >= 11 is 0. The topological polar surface area (TPSA) is 104 Å². The van der Waals surface area contributed by atoms with Crippen LogP contribution in [0.3, 0.4) is 0 Å². The van der Waals surface area contributed by atoms with Crippen molar-refractivity contribution in [2.45, 2.75) is 13.3 Å². The zero-order valence-electron chi connectivity index (χ0n) is 7.59. The molecule has 0 spiro atoms. The summed E-state index contributed by atoms with van der Waals surface area (Å²) in [6.07, 6.45) is 0.577. The molecule has 1 aliphatic rings. The molecule has 0 saturated heterocycles. The predicted molar refractivity (Wildman–Crippen MR) is 57.8 cm³/mol. The molecule has 0 amide bonds. The van der Waals surface area contributed by atoms with Gasteiger partial charge in [0.1, 0.15) is 0 Å². The summed E-state index contributed by atoms with van der Waals surface area (Å²) in [5.41, 5.74) is 26.0. The maximum Gasteiger partial charge on any atom is 0.0748 e. The summed E-state index contributed by atoms with van der Waals surface area (Å²) in [4.78, 5) is 0. The van der Waals surface area contributed by atoms with Gasteiger partial charge in [-0.1, -0.05) is 0 Å². The highest BCUT2D eigenvalue weighted by Gasteiger charge is 2.18. The van der Waals surface area contributed by atoms with Gasteiger partial charge >= 0.3 is 0 Å². The highest BCUT2D eigenvalue weighted by Crippen LogP contribution is 2.32. The summed E-state index contributed by atoms with van der Waals surface area (Å²) in [5.74, 6) is 0. The maximum atomic E-state index is 5.75. The lowest BCUT2D eigenvalue weighted by atomic mass is 9.99. The molecule has 13 heavy (non-hydrogen) atoms. The van der Waals surface area contributed by atoms with Crippen LogP contribution in [-0.4, -0.2) is 0 Å². The molecule has 0 aliphatic heterocycles. The second kappa shape index (κ2) is 3.30. The van der Waals surface area contributed by atoms with Gasteiger partial charge in [0.05, 0.1) is 11.4 Å². The zero-order valence-corrected chi connectivity index (χ0v) is 8.75. The predicted octanol–water partition coefficient (Wildman–Crippen LogP) is -0.203. The second-order valence-electron chi connectivity index (χ2n) is 3.10. The Hall–Kier alpha value is -1.15. The molecule has 0 aromatic rings. The van der Waals surface area contributed by atoms with E-state index in [1.807, 2.05) is 6.92 Å². The van der Waals surface area contributed by atoms with E-state index in [2.05, 4.69) is 9.24 Å². The molecule has 1 atom stereocenters. The minimum atomic E-state index is 0.468. The smallest absolute Gasteiger partial charge is 0.0748 e. The van der Waals surface area contributed by atoms with Crippen LogP contribution in [0.15, 0.2) is 33.7 Å². The van der Waals surface area contributed by atoms with E-state index in [1.54, 1.807) is 0 Å². The first-order chi connectivity index (χ1) is 5.95. The molecule has 0 heterocycles. The van der Waals surface area contributed by atoms with Gasteiger partial charge in [0.25, 0.3) is 0 Å². The zero-order chi connectivity index (χ0) is 10.2. The molecular formula is C8H15N4P. The van der Waals surface area contributed by atoms with Gasteiger partial charge < -0.3 is 22.9 Å². The van der Waals surface area contributed by atoms with Crippen LogP contribution in [-0.2, 0) is 0 Å². The van der Waals surface area contributed by atoms with Gasteiger partial charge in [-0.2, -0.15) is 0 Å². The molecule has 5 heteroatoms. The van der Waals surface area contributed by atoms with E-state index in [4.69, 9.17) is 22.9 Å². The van der Waals surface area contributed by atoms with Crippen molar-refractivity contribution in [1.82, 2.24) is 0 Å². The second-order valence-corrected chi connectivity index (χ2v) is 3.68. The molecule has 1 aliphatic carbocycles. The summed E-state index contributed by atoms with van der Waals surface area (Å²) in [6, 6.07) is 0. The molecule has 1 rings (SSSR count). The summed E-state index contributed by atoms with van der Waals surface area (Å²) < 4.78 is 0. The van der Waals surface area contributed by atoms with E-state index >= 15 is 0 Å². The first-order valence-corrected chi connectivity index (χ1v) is 4.48. The Labute approximate surface area is 79.9 Å². The fourth-order valence-corrected chi connectivity index (χ4v) is 1.70. The van der Waals surface area contributed by atoms with Crippen molar-refractivity contribution in [3.63, 3.8) is 0 Å². The Bertz CT molecular complexity index is 334. The van der Waals surface area contributed by atoms with Gasteiger partial charge in [-0.25, -0.2) is 0 Å². The van der Waals surface area contributed by atoms with Crippen molar-refractivity contribution in [2.24, 2.45) is 22.9 Å². The summed E-state index contributed by atoms with van der Waals surface area (Å²) in [7, 11) is 2.54. The Morgan fingerprint density at radius 1 is 1.23 bits per heavy atom. The van der Waals surface area contributed by atoms with Crippen LogP contribution in [0.1, 0.15) is 13.3 Å². The maximum absolute atomic E-state index is 5.75. The number of rotatable bonds is 0. The van der Waals surface area contributed by atoms with Gasteiger partial charge in [-0.05, 0) is 12.5 Å². The van der Waals surface area contributed by atoms with Crippen LogP contribution < -0.4 is 22.9 Å². The number of allylic oxidation sites excluding steroid dienone is 3. The van der Waals surface area contributed by atoms with Gasteiger partial charge in [-0.3, -0.25) is 0 Å². The van der Waals surface area contributed by atoms with Crippen molar-refractivity contribution in [3.05, 3.63) is 33.7 Å². The Morgan fingerprint density at radius 3 is 2.23 bits per heavy atom. The van der Waals surface area contributed by atoms with Gasteiger partial charge in [0.2, 0.25) is 0 Å². The van der Waals surface area contributed by atoms with Crippen LogP contribution >= 0.6 is 9.24 Å². The van der Waals surface area contributed by atoms with E-state index in [-0.39, 0.29) is 0 Å². The van der Waals surface area contributed by atoms with E-state index in [1.165, 1.54) is 0 Å². The molecule has 0 aromatic heterocycles. The molecule has 0 bridgehead atoms. The Kier molecular flexibility index (Phi) is 2.52. The van der Waals surface area contributed by atoms with Crippen molar-refractivity contribution >= 4 is 9.24 Å². The van der Waals surface area contributed by atoms with Crippen molar-refractivity contribution in [3.8, 4) is 0 Å². The van der Waals surface area contributed by atoms with E-state index in [9.17, 15) is 0 Å². The Morgan fingerprint density at radius 2 is 1.77 bits per heavy atom. The van der Waals surface area contributed by atoms with Crippen molar-refractivity contribution in [1.29, 1.82) is 0 Å². The monoisotopic (exact) mass is 198 g/mol. The minimum Gasteiger partial charge on any atom is -0.402 e. The number of nitrogens with two attached hydrogens (primary N) is 4. The normalized spacial score (nSPS) is 22.3. The van der Waals surface area contributed by atoms with Crippen molar-refractivity contribution < 1.29 is 0 Å². The first-order valence-electron chi connectivity index (χ1n) is 3.90. The van der Waals surface area contributed by atoms with Gasteiger partial charge in [-0.15, -0.1) is 9.24 Å². The minimum absolute atomic E-state index is 0.468. The molecule has 1 unspecified atom stereocenters. The fourth-order valence-electron chi connectivity index (χ4n) is 1.21. The third kappa shape index (κ3) is 1.63. The average Bonchev–Trinajstić information content (AvgIpc) is 2.07.